The van der Waals surface area contributed by atoms with Crippen molar-refractivity contribution in [2.24, 2.45) is 5.41 Å². The van der Waals surface area contributed by atoms with E-state index in [0.29, 0.717) is 0 Å². The number of hydrogen-bond donors (Lipinski definition) is 1. The molecule has 0 radical (unpaired) electrons. The maximum absolute atomic E-state index is 12.1. The monoisotopic (exact) mass is 247 g/mol. The van der Waals surface area contributed by atoms with Gasteiger partial charge in [-0.25, -0.2) is 0 Å². The van der Waals surface area contributed by atoms with Gasteiger partial charge < -0.3 is 10.1 Å². The van der Waals surface area contributed by atoms with Crippen molar-refractivity contribution in [3.63, 3.8) is 0 Å². The fourth-order valence-electron chi connectivity index (χ4n) is 2.89. The smallest absolute Gasteiger partial charge is 0.313 e. The lowest BCUT2D eigenvalue weighted by atomic mass is 9.62. The highest BCUT2D eigenvalue weighted by molar-refractivity contribution is 5.79. The van der Waals surface area contributed by atoms with E-state index in [0.717, 1.165) is 24.8 Å². The van der Waals surface area contributed by atoms with E-state index in [1.807, 2.05) is 7.05 Å². The Kier molecular flexibility index (Phi) is 3.71. The van der Waals surface area contributed by atoms with Crippen molar-refractivity contribution in [2.45, 2.75) is 32.2 Å². The van der Waals surface area contributed by atoms with Gasteiger partial charge in [0.25, 0.3) is 0 Å². The van der Waals surface area contributed by atoms with Gasteiger partial charge in [-0.2, -0.15) is 0 Å². The molecule has 0 bridgehead atoms. The molecule has 1 fully saturated rings. The Hall–Kier alpha value is -1.35. The van der Waals surface area contributed by atoms with Gasteiger partial charge in [0.15, 0.2) is 0 Å². The van der Waals surface area contributed by atoms with Crippen LogP contribution >= 0.6 is 0 Å². The minimum absolute atomic E-state index is 0.0410. The van der Waals surface area contributed by atoms with E-state index in [1.165, 1.54) is 12.7 Å². The minimum Gasteiger partial charge on any atom is -0.469 e. The molecule has 1 aliphatic carbocycles. The van der Waals surface area contributed by atoms with Gasteiger partial charge in [-0.1, -0.05) is 36.2 Å². The largest absolute Gasteiger partial charge is 0.469 e. The Morgan fingerprint density at radius 3 is 2.33 bits per heavy atom. The Bertz CT molecular complexity index is 421. The molecule has 98 valence electrons. The number of ether oxygens (including phenoxy) is 1. The number of rotatable bonds is 4. The second-order valence-electron chi connectivity index (χ2n) is 5.13. The third-order valence-electron chi connectivity index (χ3n) is 4.09. The van der Waals surface area contributed by atoms with Gasteiger partial charge in [0.1, 0.15) is 0 Å². The van der Waals surface area contributed by atoms with Crippen molar-refractivity contribution in [3.8, 4) is 0 Å². The van der Waals surface area contributed by atoms with Crippen molar-refractivity contribution in [1.29, 1.82) is 0 Å². The SMILES string of the molecule is CNC(c1ccc(C)cc1)C1(C(=O)OC)CCC1. The van der Waals surface area contributed by atoms with Gasteiger partial charge in [-0.3, -0.25) is 4.79 Å². The van der Waals surface area contributed by atoms with Crippen LogP contribution < -0.4 is 5.32 Å². The Balaban J connectivity index is 2.32. The van der Waals surface area contributed by atoms with E-state index < -0.39 is 0 Å². The number of benzene rings is 1. The van der Waals surface area contributed by atoms with Crippen molar-refractivity contribution < 1.29 is 9.53 Å². The predicted octanol–water partition coefficient (Wildman–Crippen LogP) is 2.60. The normalized spacial score (nSPS) is 18.8. The van der Waals surface area contributed by atoms with Crippen LogP contribution in [0.2, 0.25) is 0 Å². The Labute approximate surface area is 109 Å². The molecule has 1 unspecified atom stereocenters. The molecule has 0 spiro atoms. The van der Waals surface area contributed by atoms with Gasteiger partial charge in [-0.05, 0) is 32.4 Å². The summed E-state index contributed by atoms with van der Waals surface area (Å²) in [4.78, 5) is 12.1. The van der Waals surface area contributed by atoms with Gasteiger partial charge in [0, 0.05) is 6.04 Å². The molecular formula is C15H21NO2. The van der Waals surface area contributed by atoms with Crippen molar-refractivity contribution in [3.05, 3.63) is 35.4 Å². The molecule has 1 saturated carbocycles. The molecule has 0 aliphatic heterocycles. The zero-order chi connectivity index (χ0) is 13.2. The van der Waals surface area contributed by atoms with Gasteiger partial charge in [-0.15, -0.1) is 0 Å². The van der Waals surface area contributed by atoms with Crippen LogP contribution in [0.15, 0.2) is 24.3 Å². The fraction of sp³-hybridized carbons (Fsp3) is 0.533. The van der Waals surface area contributed by atoms with Gasteiger partial charge in [0.05, 0.1) is 12.5 Å². The summed E-state index contributed by atoms with van der Waals surface area (Å²) >= 11 is 0. The highest BCUT2D eigenvalue weighted by Gasteiger charge is 2.51. The van der Waals surface area contributed by atoms with Gasteiger partial charge >= 0.3 is 5.97 Å². The first kappa shape index (κ1) is 13.1. The lowest BCUT2D eigenvalue weighted by Crippen LogP contribution is -2.48. The molecule has 3 nitrogen and oxygen atoms in total. The highest BCUT2D eigenvalue weighted by Crippen LogP contribution is 2.51. The summed E-state index contributed by atoms with van der Waals surface area (Å²) in [5.41, 5.74) is 2.01. The molecular weight excluding hydrogens is 226 g/mol. The number of nitrogens with one attached hydrogen (secondary N) is 1. The van der Waals surface area contributed by atoms with Crippen LogP contribution in [0.4, 0.5) is 0 Å². The summed E-state index contributed by atoms with van der Waals surface area (Å²) in [5.74, 6) is -0.0892. The summed E-state index contributed by atoms with van der Waals surface area (Å²) in [6.45, 7) is 2.07. The first-order chi connectivity index (χ1) is 8.64. The van der Waals surface area contributed by atoms with E-state index in [-0.39, 0.29) is 17.4 Å². The predicted molar refractivity (Wildman–Crippen MR) is 71.3 cm³/mol. The molecule has 18 heavy (non-hydrogen) atoms. The third kappa shape index (κ3) is 2.03. The first-order valence-electron chi connectivity index (χ1n) is 6.46. The van der Waals surface area contributed by atoms with E-state index >= 15 is 0 Å². The quantitative estimate of drug-likeness (QED) is 0.831. The third-order valence-corrected chi connectivity index (χ3v) is 4.09. The maximum Gasteiger partial charge on any atom is 0.313 e. The fourth-order valence-corrected chi connectivity index (χ4v) is 2.89. The molecule has 1 aromatic carbocycles. The second-order valence-corrected chi connectivity index (χ2v) is 5.13. The summed E-state index contributed by atoms with van der Waals surface area (Å²) in [7, 11) is 3.39. The van der Waals surface area contributed by atoms with Crippen molar-refractivity contribution >= 4 is 5.97 Å². The van der Waals surface area contributed by atoms with Crippen LogP contribution in [0.1, 0.15) is 36.4 Å². The topological polar surface area (TPSA) is 38.3 Å². The average Bonchev–Trinajstić information content (AvgIpc) is 2.34. The lowest BCUT2D eigenvalue weighted by Gasteiger charge is -2.45. The highest BCUT2D eigenvalue weighted by atomic mass is 16.5. The van der Waals surface area contributed by atoms with Crippen LogP contribution in [-0.4, -0.2) is 20.1 Å². The van der Waals surface area contributed by atoms with E-state index in [1.54, 1.807) is 0 Å². The van der Waals surface area contributed by atoms with Crippen LogP contribution in [-0.2, 0) is 9.53 Å². The number of methoxy groups -OCH3 is 1. The minimum atomic E-state index is -0.376. The van der Waals surface area contributed by atoms with Crippen molar-refractivity contribution in [2.75, 3.05) is 14.2 Å². The van der Waals surface area contributed by atoms with Crippen LogP contribution in [0.5, 0.6) is 0 Å². The number of hydrogen-bond acceptors (Lipinski definition) is 3. The van der Waals surface area contributed by atoms with E-state index in [4.69, 9.17) is 4.74 Å². The van der Waals surface area contributed by atoms with Crippen LogP contribution in [0, 0.1) is 12.3 Å². The molecule has 1 aliphatic rings. The molecule has 0 amide bonds. The molecule has 2 rings (SSSR count). The molecule has 1 atom stereocenters. The summed E-state index contributed by atoms with van der Waals surface area (Å²) < 4.78 is 5.01. The Morgan fingerprint density at radius 2 is 1.94 bits per heavy atom. The summed E-state index contributed by atoms with van der Waals surface area (Å²) in [6, 6.07) is 8.41. The lowest BCUT2D eigenvalue weighted by molar-refractivity contribution is -0.161. The summed E-state index contributed by atoms with van der Waals surface area (Å²) in [5, 5.41) is 3.29. The second kappa shape index (κ2) is 5.11. The van der Waals surface area contributed by atoms with Crippen LogP contribution in [0.3, 0.4) is 0 Å². The molecule has 1 aromatic rings. The number of esters is 1. The Morgan fingerprint density at radius 1 is 1.33 bits per heavy atom. The molecule has 0 heterocycles. The van der Waals surface area contributed by atoms with E-state index in [9.17, 15) is 4.79 Å². The molecule has 3 heteroatoms. The zero-order valence-corrected chi connectivity index (χ0v) is 11.3. The number of carbonyl (C=O) groups excluding carboxylic acids is 1. The average molecular weight is 247 g/mol. The molecule has 1 N–H and O–H groups in total. The first-order valence-corrected chi connectivity index (χ1v) is 6.46. The number of carbonyl (C=O) groups is 1. The standard InChI is InChI=1S/C15H21NO2/c1-11-5-7-12(8-6-11)13(16-2)15(9-4-10-15)14(17)18-3/h5-8,13,16H,4,9-10H2,1-3H3. The van der Waals surface area contributed by atoms with E-state index in [2.05, 4.69) is 36.5 Å². The van der Waals surface area contributed by atoms with Gasteiger partial charge in [0.2, 0.25) is 0 Å². The molecule has 0 aromatic heterocycles. The maximum atomic E-state index is 12.1. The number of aryl methyl sites for hydroxylation is 1. The zero-order valence-electron chi connectivity index (χ0n) is 11.3. The van der Waals surface area contributed by atoms with Crippen molar-refractivity contribution in [1.82, 2.24) is 5.32 Å². The summed E-state index contributed by atoms with van der Waals surface area (Å²) in [6.07, 6.45) is 2.90. The van der Waals surface area contributed by atoms with Crippen LogP contribution in [0.25, 0.3) is 0 Å². The molecule has 0 saturated heterocycles.